The Labute approximate surface area is 164 Å². The molecule has 0 atom stereocenters. The molecule has 3 N–H and O–H groups in total. The molecule has 3 aromatic rings. The van der Waals surface area contributed by atoms with Crippen LogP contribution in [0, 0.1) is 6.92 Å². The summed E-state index contributed by atoms with van der Waals surface area (Å²) in [5.41, 5.74) is 2.36. The first kappa shape index (κ1) is 19.2. The lowest BCUT2D eigenvalue weighted by Crippen LogP contribution is -2.06. The standard InChI is InChI=1S/C21H23N5O2/c1-4-28-19-11-6-5-10-18(19)26-21-13-20(22-14(2)23-21)25-17-9-7-8-16(12-17)24-15(3)27/h5-13H,4H2,1-3H3,(H,24,27)(H2,22,23,25,26). The summed E-state index contributed by atoms with van der Waals surface area (Å²) in [5, 5.41) is 9.31. The minimum atomic E-state index is -0.116. The number of amides is 1. The van der Waals surface area contributed by atoms with Crippen LogP contribution in [0.25, 0.3) is 0 Å². The average molecular weight is 377 g/mol. The molecule has 0 fully saturated rings. The van der Waals surface area contributed by atoms with Gasteiger partial charge in [0.05, 0.1) is 12.3 Å². The third kappa shape index (κ3) is 5.20. The zero-order valence-electron chi connectivity index (χ0n) is 16.1. The zero-order valence-corrected chi connectivity index (χ0v) is 16.1. The number of nitrogens with one attached hydrogen (secondary N) is 3. The number of aromatic nitrogens is 2. The summed E-state index contributed by atoms with van der Waals surface area (Å²) in [6.45, 7) is 5.84. The molecular weight excluding hydrogens is 354 g/mol. The van der Waals surface area contributed by atoms with Gasteiger partial charge >= 0.3 is 0 Å². The van der Waals surface area contributed by atoms with Crippen molar-refractivity contribution in [1.29, 1.82) is 0 Å². The molecule has 0 unspecified atom stereocenters. The van der Waals surface area contributed by atoms with Crippen molar-refractivity contribution in [2.24, 2.45) is 0 Å². The van der Waals surface area contributed by atoms with Gasteiger partial charge < -0.3 is 20.7 Å². The number of hydrogen-bond donors (Lipinski definition) is 3. The van der Waals surface area contributed by atoms with E-state index in [1.54, 1.807) is 0 Å². The van der Waals surface area contributed by atoms with Crippen molar-refractivity contribution < 1.29 is 9.53 Å². The Balaban J connectivity index is 1.81. The van der Waals surface area contributed by atoms with Gasteiger partial charge in [0.1, 0.15) is 23.2 Å². The Kier molecular flexibility index (Phi) is 6.06. The number of anilines is 5. The van der Waals surface area contributed by atoms with E-state index >= 15 is 0 Å². The van der Waals surface area contributed by atoms with Gasteiger partial charge in [0, 0.05) is 24.4 Å². The van der Waals surface area contributed by atoms with Crippen LogP contribution in [0.15, 0.2) is 54.6 Å². The summed E-state index contributed by atoms with van der Waals surface area (Å²) in [7, 11) is 0. The molecule has 1 aromatic heterocycles. The third-order valence-corrected chi connectivity index (χ3v) is 3.74. The molecule has 0 spiro atoms. The van der Waals surface area contributed by atoms with Crippen LogP contribution >= 0.6 is 0 Å². The second-order valence-corrected chi connectivity index (χ2v) is 6.13. The quantitative estimate of drug-likeness (QED) is 0.556. The predicted molar refractivity (Wildman–Crippen MR) is 112 cm³/mol. The molecule has 0 radical (unpaired) electrons. The summed E-state index contributed by atoms with van der Waals surface area (Å²) in [5.74, 6) is 2.57. The topological polar surface area (TPSA) is 88.2 Å². The maximum Gasteiger partial charge on any atom is 0.221 e. The van der Waals surface area contributed by atoms with E-state index in [2.05, 4.69) is 25.9 Å². The van der Waals surface area contributed by atoms with Gasteiger partial charge in [0.2, 0.25) is 5.91 Å². The highest BCUT2D eigenvalue weighted by Gasteiger charge is 2.07. The maximum atomic E-state index is 11.2. The van der Waals surface area contributed by atoms with E-state index in [0.717, 1.165) is 17.1 Å². The number of carbonyl (C=O) groups excluding carboxylic acids is 1. The first-order chi connectivity index (χ1) is 13.5. The van der Waals surface area contributed by atoms with Crippen LogP contribution in [0.3, 0.4) is 0 Å². The van der Waals surface area contributed by atoms with Gasteiger partial charge in [-0.1, -0.05) is 18.2 Å². The summed E-state index contributed by atoms with van der Waals surface area (Å²) >= 11 is 0. The first-order valence-corrected chi connectivity index (χ1v) is 9.02. The molecule has 0 aliphatic rings. The molecule has 1 amide bonds. The van der Waals surface area contributed by atoms with Gasteiger partial charge in [0.25, 0.3) is 0 Å². The van der Waals surface area contributed by atoms with E-state index in [1.807, 2.05) is 68.4 Å². The van der Waals surface area contributed by atoms with Gasteiger partial charge in [-0.15, -0.1) is 0 Å². The number of carbonyl (C=O) groups is 1. The molecule has 0 saturated heterocycles. The highest BCUT2D eigenvalue weighted by atomic mass is 16.5. The molecule has 1 heterocycles. The molecule has 0 aliphatic heterocycles. The molecule has 3 rings (SSSR count). The van der Waals surface area contributed by atoms with Crippen molar-refractivity contribution in [3.05, 3.63) is 60.4 Å². The molecule has 0 aliphatic carbocycles. The second kappa shape index (κ2) is 8.85. The van der Waals surface area contributed by atoms with Gasteiger partial charge in [-0.2, -0.15) is 0 Å². The lowest BCUT2D eigenvalue weighted by atomic mass is 10.2. The van der Waals surface area contributed by atoms with Gasteiger partial charge in [0.15, 0.2) is 0 Å². The van der Waals surface area contributed by atoms with Crippen molar-refractivity contribution in [1.82, 2.24) is 9.97 Å². The van der Waals surface area contributed by atoms with Crippen LogP contribution in [-0.2, 0) is 4.79 Å². The van der Waals surface area contributed by atoms with Gasteiger partial charge in [-0.25, -0.2) is 9.97 Å². The average Bonchev–Trinajstić information content (AvgIpc) is 2.63. The second-order valence-electron chi connectivity index (χ2n) is 6.13. The smallest absolute Gasteiger partial charge is 0.221 e. The Hall–Kier alpha value is -3.61. The van der Waals surface area contributed by atoms with Crippen molar-refractivity contribution in [2.75, 3.05) is 22.6 Å². The van der Waals surface area contributed by atoms with Crippen molar-refractivity contribution in [3.63, 3.8) is 0 Å². The number of ether oxygens (including phenoxy) is 1. The SMILES string of the molecule is CCOc1ccccc1Nc1cc(Nc2cccc(NC(C)=O)c2)nc(C)n1. The van der Waals surface area contributed by atoms with E-state index in [1.165, 1.54) is 6.92 Å². The fraction of sp³-hybridized carbons (Fsp3) is 0.190. The fourth-order valence-corrected chi connectivity index (χ4v) is 2.71. The number of para-hydroxylation sites is 2. The maximum absolute atomic E-state index is 11.2. The molecule has 0 bridgehead atoms. The predicted octanol–water partition coefficient (Wildman–Crippen LogP) is 4.63. The van der Waals surface area contributed by atoms with Gasteiger partial charge in [-0.05, 0) is 44.2 Å². The van der Waals surface area contributed by atoms with E-state index in [0.29, 0.717) is 29.8 Å². The van der Waals surface area contributed by atoms with Crippen molar-refractivity contribution in [3.8, 4) is 5.75 Å². The number of nitrogens with zero attached hydrogens (tertiary/aromatic N) is 2. The summed E-state index contributed by atoms with van der Waals surface area (Å²) < 4.78 is 5.65. The Bertz CT molecular complexity index is 975. The third-order valence-electron chi connectivity index (χ3n) is 3.74. The minimum absolute atomic E-state index is 0.116. The summed E-state index contributed by atoms with van der Waals surface area (Å²) in [6.07, 6.45) is 0. The zero-order chi connectivity index (χ0) is 19.9. The Morgan fingerprint density at radius 1 is 0.964 bits per heavy atom. The lowest BCUT2D eigenvalue weighted by Gasteiger charge is -2.13. The van der Waals surface area contributed by atoms with Crippen LogP contribution in [-0.4, -0.2) is 22.5 Å². The van der Waals surface area contributed by atoms with Gasteiger partial charge in [-0.3, -0.25) is 4.79 Å². The van der Waals surface area contributed by atoms with Crippen LogP contribution in [0.2, 0.25) is 0 Å². The van der Waals surface area contributed by atoms with E-state index in [4.69, 9.17) is 4.74 Å². The number of hydrogen-bond acceptors (Lipinski definition) is 6. The van der Waals surface area contributed by atoms with Crippen LogP contribution in [0.1, 0.15) is 19.7 Å². The van der Waals surface area contributed by atoms with Crippen molar-refractivity contribution >= 4 is 34.6 Å². The lowest BCUT2D eigenvalue weighted by molar-refractivity contribution is -0.114. The first-order valence-electron chi connectivity index (χ1n) is 9.02. The Morgan fingerprint density at radius 3 is 2.43 bits per heavy atom. The normalized spacial score (nSPS) is 10.2. The molecule has 0 saturated carbocycles. The molecule has 28 heavy (non-hydrogen) atoms. The van der Waals surface area contributed by atoms with Crippen LogP contribution in [0.5, 0.6) is 5.75 Å². The summed E-state index contributed by atoms with van der Waals surface area (Å²) in [6, 6.07) is 17.0. The number of aryl methyl sites for hydroxylation is 1. The number of benzene rings is 2. The molecule has 2 aromatic carbocycles. The molecule has 144 valence electrons. The largest absolute Gasteiger partial charge is 0.492 e. The highest BCUT2D eigenvalue weighted by Crippen LogP contribution is 2.28. The highest BCUT2D eigenvalue weighted by molar-refractivity contribution is 5.89. The van der Waals surface area contributed by atoms with E-state index in [-0.39, 0.29) is 5.91 Å². The molecular formula is C21H23N5O2. The van der Waals surface area contributed by atoms with Crippen molar-refractivity contribution in [2.45, 2.75) is 20.8 Å². The van der Waals surface area contributed by atoms with E-state index in [9.17, 15) is 4.79 Å². The monoisotopic (exact) mass is 377 g/mol. The summed E-state index contributed by atoms with van der Waals surface area (Å²) in [4.78, 5) is 20.1. The van der Waals surface area contributed by atoms with Crippen LogP contribution in [0.4, 0.5) is 28.7 Å². The van der Waals surface area contributed by atoms with Crippen LogP contribution < -0.4 is 20.7 Å². The molecule has 7 heteroatoms. The number of rotatable bonds is 7. The molecule has 7 nitrogen and oxygen atoms in total. The fourth-order valence-electron chi connectivity index (χ4n) is 2.71. The Morgan fingerprint density at radius 2 is 1.68 bits per heavy atom. The van der Waals surface area contributed by atoms with E-state index < -0.39 is 0 Å². The minimum Gasteiger partial charge on any atom is -0.492 e.